The number of carbonyl (C=O) groups is 3. The molecule has 0 heterocycles. The van der Waals surface area contributed by atoms with E-state index >= 15 is 0 Å². The first-order chi connectivity index (χ1) is 11.1. The third-order valence-corrected chi connectivity index (χ3v) is 3.04. The number of amides is 2. The van der Waals surface area contributed by atoms with Gasteiger partial charge in [-0.3, -0.25) is 9.59 Å². The lowest BCUT2D eigenvalue weighted by atomic mass is 10.0. The fourth-order valence-electron chi connectivity index (χ4n) is 1.71. The molecular formula is C15H20N2O7. The Labute approximate surface area is 138 Å². The van der Waals surface area contributed by atoms with Crippen molar-refractivity contribution in [1.29, 1.82) is 0 Å². The van der Waals surface area contributed by atoms with Crippen molar-refractivity contribution in [3.63, 3.8) is 0 Å². The molecule has 0 aromatic heterocycles. The first kappa shape index (κ1) is 19.1. The van der Waals surface area contributed by atoms with E-state index in [1.165, 1.54) is 40.2 Å². The normalized spacial score (nSPS) is 10.7. The molecule has 0 bridgehead atoms. The van der Waals surface area contributed by atoms with Crippen LogP contribution in [-0.2, 0) is 9.59 Å². The fourth-order valence-corrected chi connectivity index (χ4v) is 1.71. The summed E-state index contributed by atoms with van der Waals surface area (Å²) in [6, 6.07) is 2.68. The number of ether oxygens (including phenoxy) is 3. The molecule has 0 aliphatic carbocycles. The van der Waals surface area contributed by atoms with Crippen LogP contribution in [0.3, 0.4) is 0 Å². The summed E-state index contributed by atoms with van der Waals surface area (Å²) in [5.41, 5.74) is 3.68. The highest BCUT2D eigenvalue weighted by Crippen LogP contribution is 2.38. The molecule has 0 aliphatic rings. The van der Waals surface area contributed by atoms with Crippen LogP contribution in [-0.4, -0.2) is 49.3 Å². The van der Waals surface area contributed by atoms with Gasteiger partial charge in [0.05, 0.1) is 14.2 Å². The van der Waals surface area contributed by atoms with Gasteiger partial charge < -0.3 is 30.4 Å². The summed E-state index contributed by atoms with van der Waals surface area (Å²) in [5, 5.41) is 11.5. The molecule has 1 aromatic carbocycles. The molecule has 0 saturated heterocycles. The Morgan fingerprint density at radius 2 is 1.67 bits per heavy atom. The Kier molecular flexibility index (Phi) is 5.99. The van der Waals surface area contributed by atoms with Crippen LogP contribution in [0.15, 0.2) is 12.1 Å². The first-order valence-corrected chi connectivity index (χ1v) is 6.85. The quantitative estimate of drug-likeness (QED) is 0.613. The number of hydrogen-bond acceptors (Lipinski definition) is 6. The van der Waals surface area contributed by atoms with Crippen LogP contribution in [0.4, 0.5) is 0 Å². The van der Waals surface area contributed by atoms with Crippen LogP contribution in [0.2, 0.25) is 0 Å². The van der Waals surface area contributed by atoms with Crippen molar-refractivity contribution < 1.29 is 33.7 Å². The molecule has 24 heavy (non-hydrogen) atoms. The van der Waals surface area contributed by atoms with Crippen LogP contribution in [0.1, 0.15) is 24.2 Å². The molecule has 0 unspecified atom stereocenters. The Bertz CT molecular complexity index is 630. The van der Waals surface area contributed by atoms with Crippen LogP contribution < -0.4 is 25.3 Å². The van der Waals surface area contributed by atoms with Crippen molar-refractivity contribution in [2.24, 2.45) is 5.73 Å². The van der Waals surface area contributed by atoms with Gasteiger partial charge in [-0.1, -0.05) is 0 Å². The SMILES string of the molecule is COc1cc(C(=O)NC(C)(C)C(=O)O)cc(OC)c1OCC(N)=O. The third-order valence-electron chi connectivity index (χ3n) is 3.04. The number of methoxy groups -OCH3 is 2. The number of benzene rings is 1. The molecule has 2 amide bonds. The summed E-state index contributed by atoms with van der Waals surface area (Å²) in [4.78, 5) is 34.3. The van der Waals surface area contributed by atoms with Crippen molar-refractivity contribution in [1.82, 2.24) is 5.32 Å². The minimum atomic E-state index is -1.46. The predicted molar refractivity (Wildman–Crippen MR) is 83.4 cm³/mol. The largest absolute Gasteiger partial charge is 0.493 e. The standard InChI is InChI=1S/C15H20N2O7/c1-15(2,14(20)21)17-13(19)8-5-9(22-3)12(10(6-8)23-4)24-7-11(16)18/h5-6H,7H2,1-4H3,(H2,16,18)(H,17,19)(H,20,21). The van der Waals surface area contributed by atoms with Crippen molar-refractivity contribution in [3.05, 3.63) is 17.7 Å². The Balaban J connectivity index is 3.20. The van der Waals surface area contributed by atoms with E-state index in [0.29, 0.717) is 0 Å². The van der Waals surface area contributed by atoms with Gasteiger partial charge in [-0.05, 0) is 26.0 Å². The van der Waals surface area contributed by atoms with Crippen molar-refractivity contribution in [2.45, 2.75) is 19.4 Å². The minimum absolute atomic E-state index is 0.101. The van der Waals surface area contributed by atoms with Crippen molar-refractivity contribution in [2.75, 3.05) is 20.8 Å². The van der Waals surface area contributed by atoms with E-state index in [-0.39, 0.29) is 22.8 Å². The molecule has 0 fully saturated rings. The Morgan fingerprint density at radius 3 is 2.04 bits per heavy atom. The monoisotopic (exact) mass is 340 g/mol. The van der Waals surface area contributed by atoms with Crippen molar-refractivity contribution >= 4 is 17.8 Å². The van der Waals surface area contributed by atoms with Crippen LogP contribution in [0.25, 0.3) is 0 Å². The van der Waals surface area contributed by atoms with E-state index in [2.05, 4.69) is 5.32 Å². The number of aliphatic carboxylic acids is 1. The molecule has 0 saturated carbocycles. The van der Waals surface area contributed by atoms with Gasteiger partial charge in [0.25, 0.3) is 11.8 Å². The fraction of sp³-hybridized carbons (Fsp3) is 0.400. The maximum Gasteiger partial charge on any atom is 0.328 e. The van der Waals surface area contributed by atoms with Crippen LogP contribution in [0, 0.1) is 0 Å². The molecule has 132 valence electrons. The number of hydrogen-bond donors (Lipinski definition) is 3. The molecule has 0 spiro atoms. The average Bonchev–Trinajstić information content (AvgIpc) is 2.51. The lowest BCUT2D eigenvalue weighted by Crippen LogP contribution is -2.49. The van der Waals surface area contributed by atoms with E-state index < -0.39 is 29.9 Å². The number of carbonyl (C=O) groups excluding carboxylic acids is 2. The minimum Gasteiger partial charge on any atom is -0.493 e. The number of nitrogens with two attached hydrogens (primary N) is 1. The summed E-state index contributed by atoms with van der Waals surface area (Å²) in [6.45, 7) is 2.31. The van der Waals surface area contributed by atoms with E-state index in [1.54, 1.807) is 0 Å². The van der Waals surface area contributed by atoms with Gasteiger partial charge in [-0.25, -0.2) is 4.79 Å². The number of primary amides is 1. The van der Waals surface area contributed by atoms with Gasteiger partial charge in [-0.15, -0.1) is 0 Å². The molecule has 0 aliphatic heterocycles. The highest BCUT2D eigenvalue weighted by atomic mass is 16.5. The van der Waals surface area contributed by atoms with E-state index in [0.717, 1.165) is 0 Å². The lowest BCUT2D eigenvalue weighted by molar-refractivity contribution is -0.143. The van der Waals surface area contributed by atoms with Gasteiger partial charge in [0.15, 0.2) is 18.1 Å². The van der Waals surface area contributed by atoms with Gasteiger partial charge in [0.1, 0.15) is 5.54 Å². The van der Waals surface area contributed by atoms with Crippen molar-refractivity contribution in [3.8, 4) is 17.2 Å². The molecule has 9 heteroatoms. The summed E-state index contributed by atoms with van der Waals surface area (Å²) >= 11 is 0. The maximum atomic E-state index is 12.3. The number of nitrogens with one attached hydrogen (secondary N) is 1. The first-order valence-electron chi connectivity index (χ1n) is 6.85. The van der Waals surface area contributed by atoms with E-state index in [4.69, 9.17) is 25.1 Å². The number of rotatable bonds is 8. The molecule has 4 N–H and O–H groups in total. The third kappa shape index (κ3) is 4.51. The Hall–Kier alpha value is -2.97. The zero-order valence-electron chi connectivity index (χ0n) is 13.8. The number of carboxylic acids is 1. The predicted octanol–water partition coefficient (Wildman–Crippen LogP) is 0.161. The summed E-state index contributed by atoms with van der Waals surface area (Å²) in [5.74, 6) is -2.14. The van der Waals surface area contributed by atoms with Gasteiger partial charge in [-0.2, -0.15) is 0 Å². The molecule has 9 nitrogen and oxygen atoms in total. The molecule has 0 atom stereocenters. The molecule has 0 radical (unpaired) electrons. The molecule has 1 aromatic rings. The van der Waals surface area contributed by atoms with Gasteiger partial charge in [0, 0.05) is 5.56 Å². The van der Waals surface area contributed by atoms with Gasteiger partial charge in [0.2, 0.25) is 5.75 Å². The zero-order valence-corrected chi connectivity index (χ0v) is 13.8. The lowest BCUT2D eigenvalue weighted by Gasteiger charge is -2.22. The topological polar surface area (TPSA) is 137 Å². The van der Waals surface area contributed by atoms with E-state index in [1.807, 2.05) is 0 Å². The second-order valence-corrected chi connectivity index (χ2v) is 5.35. The number of carboxylic acid groups (broad SMARTS) is 1. The highest BCUT2D eigenvalue weighted by molar-refractivity contribution is 5.98. The maximum absolute atomic E-state index is 12.3. The second-order valence-electron chi connectivity index (χ2n) is 5.35. The Morgan fingerprint density at radius 1 is 1.17 bits per heavy atom. The highest BCUT2D eigenvalue weighted by Gasteiger charge is 2.30. The summed E-state index contributed by atoms with van der Waals surface area (Å²) < 4.78 is 15.5. The van der Waals surface area contributed by atoms with Crippen LogP contribution >= 0.6 is 0 Å². The average molecular weight is 340 g/mol. The summed E-state index contributed by atoms with van der Waals surface area (Å²) in [6.07, 6.45) is 0. The molecular weight excluding hydrogens is 320 g/mol. The second kappa shape index (κ2) is 7.53. The van der Waals surface area contributed by atoms with Gasteiger partial charge >= 0.3 is 5.97 Å². The van der Waals surface area contributed by atoms with Crippen LogP contribution in [0.5, 0.6) is 17.2 Å². The smallest absolute Gasteiger partial charge is 0.328 e. The molecule has 1 rings (SSSR count). The van der Waals surface area contributed by atoms with E-state index in [9.17, 15) is 14.4 Å². The zero-order chi connectivity index (χ0) is 18.5. The summed E-state index contributed by atoms with van der Waals surface area (Å²) in [7, 11) is 2.68.